The number of piperidine rings is 1. The number of ether oxygens (including phenoxy) is 1. The Balaban J connectivity index is 1.95. The van der Waals surface area contributed by atoms with Crippen LogP contribution in [0.5, 0.6) is 0 Å². The zero-order chi connectivity index (χ0) is 19.4. The Morgan fingerprint density at radius 3 is 2.74 bits per heavy atom. The van der Waals surface area contributed by atoms with Crippen molar-refractivity contribution in [1.29, 1.82) is 0 Å². The van der Waals surface area contributed by atoms with E-state index in [2.05, 4.69) is 22.5 Å². The number of halogens is 1. The Bertz CT molecular complexity index is 742. The molecule has 0 aromatic heterocycles. The molecule has 0 bridgehead atoms. The fourth-order valence-corrected chi connectivity index (χ4v) is 3.57. The highest BCUT2D eigenvalue weighted by atomic mass is 19.1. The number of urea groups is 1. The van der Waals surface area contributed by atoms with Crippen molar-refractivity contribution >= 4 is 12.0 Å². The van der Waals surface area contributed by atoms with Crippen molar-refractivity contribution in [2.45, 2.75) is 32.7 Å². The van der Waals surface area contributed by atoms with E-state index in [0.29, 0.717) is 29.3 Å². The Hall–Kier alpha value is -2.41. The predicted molar refractivity (Wildman–Crippen MR) is 99.3 cm³/mol. The average Bonchev–Trinajstić information content (AvgIpc) is 2.63. The summed E-state index contributed by atoms with van der Waals surface area (Å²) in [4.78, 5) is 27.2. The van der Waals surface area contributed by atoms with Gasteiger partial charge in [-0.3, -0.25) is 4.90 Å². The Kier molecular flexibility index (Phi) is 6.11. The first-order valence-electron chi connectivity index (χ1n) is 9.43. The summed E-state index contributed by atoms with van der Waals surface area (Å²) in [5.41, 5.74) is 1.37. The van der Waals surface area contributed by atoms with E-state index < -0.39 is 23.9 Å². The summed E-state index contributed by atoms with van der Waals surface area (Å²) < 4.78 is 19.0. The Labute approximate surface area is 158 Å². The van der Waals surface area contributed by atoms with Gasteiger partial charge >= 0.3 is 12.0 Å². The van der Waals surface area contributed by atoms with E-state index >= 15 is 0 Å². The monoisotopic (exact) mass is 375 g/mol. The van der Waals surface area contributed by atoms with Crippen LogP contribution in [0.15, 0.2) is 35.5 Å². The molecule has 1 saturated heterocycles. The van der Waals surface area contributed by atoms with Gasteiger partial charge in [-0.15, -0.1) is 0 Å². The molecule has 1 fully saturated rings. The summed E-state index contributed by atoms with van der Waals surface area (Å²) >= 11 is 0. The van der Waals surface area contributed by atoms with Crippen LogP contribution in [0.25, 0.3) is 0 Å². The minimum absolute atomic E-state index is 0.223. The second kappa shape index (κ2) is 8.52. The third-order valence-electron chi connectivity index (χ3n) is 5.09. The number of esters is 1. The van der Waals surface area contributed by atoms with Crippen LogP contribution in [0.3, 0.4) is 0 Å². The molecule has 0 saturated carbocycles. The molecule has 6 nitrogen and oxygen atoms in total. The number of carbonyl (C=O) groups is 2. The lowest BCUT2D eigenvalue weighted by Crippen LogP contribution is -2.49. The minimum Gasteiger partial charge on any atom is -0.463 e. The molecule has 2 aliphatic heterocycles. The molecule has 0 aliphatic carbocycles. The fourth-order valence-electron chi connectivity index (χ4n) is 3.57. The number of hydrogen-bond donors (Lipinski definition) is 2. The zero-order valence-electron chi connectivity index (χ0n) is 15.8. The van der Waals surface area contributed by atoms with Crippen molar-refractivity contribution in [1.82, 2.24) is 15.5 Å². The van der Waals surface area contributed by atoms with Gasteiger partial charge in [0, 0.05) is 12.2 Å². The minimum atomic E-state index is -0.743. The first kappa shape index (κ1) is 19.4. The standard InChI is InChI=1S/C20H26FN3O3/c1-3-27-19(25)17-16(12-24-9-7-13(2)8-10-24)22-20(26)23-18(17)14-5-4-6-15(21)11-14/h4-6,11,13,18H,3,7-10,12H2,1-2H3,(H2,22,23,26). The van der Waals surface area contributed by atoms with Crippen molar-refractivity contribution in [2.24, 2.45) is 5.92 Å². The molecule has 2 N–H and O–H groups in total. The van der Waals surface area contributed by atoms with Crippen LogP contribution in [-0.2, 0) is 9.53 Å². The van der Waals surface area contributed by atoms with Crippen LogP contribution in [0, 0.1) is 11.7 Å². The average molecular weight is 375 g/mol. The Morgan fingerprint density at radius 2 is 2.07 bits per heavy atom. The van der Waals surface area contributed by atoms with Crippen LogP contribution in [0.1, 0.15) is 38.3 Å². The lowest BCUT2D eigenvalue weighted by molar-refractivity contribution is -0.139. The summed E-state index contributed by atoms with van der Waals surface area (Å²) in [5, 5.41) is 5.50. The van der Waals surface area contributed by atoms with E-state index in [1.807, 2.05) is 0 Å². The number of nitrogens with zero attached hydrogens (tertiary/aromatic N) is 1. The second-order valence-electron chi connectivity index (χ2n) is 7.16. The SMILES string of the molecule is CCOC(=O)C1=C(CN2CCC(C)CC2)NC(=O)NC1c1cccc(F)c1. The van der Waals surface area contributed by atoms with E-state index in [1.165, 1.54) is 12.1 Å². The van der Waals surface area contributed by atoms with Crippen molar-refractivity contribution in [2.75, 3.05) is 26.2 Å². The van der Waals surface area contributed by atoms with Gasteiger partial charge in [0.25, 0.3) is 0 Å². The molecular weight excluding hydrogens is 349 g/mol. The number of rotatable bonds is 5. The number of amides is 2. The van der Waals surface area contributed by atoms with E-state index in [0.717, 1.165) is 25.9 Å². The molecule has 0 spiro atoms. The molecule has 2 heterocycles. The zero-order valence-corrected chi connectivity index (χ0v) is 15.8. The smallest absolute Gasteiger partial charge is 0.338 e. The third-order valence-corrected chi connectivity index (χ3v) is 5.09. The molecule has 7 heteroatoms. The summed E-state index contributed by atoms with van der Waals surface area (Å²) in [7, 11) is 0. The van der Waals surface area contributed by atoms with Gasteiger partial charge in [-0.1, -0.05) is 19.1 Å². The van der Waals surface area contributed by atoms with Crippen molar-refractivity contribution in [3.63, 3.8) is 0 Å². The molecule has 1 atom stereocenters. The van der Waals surface area contributed by atoms with Crippen LogP contribution >= 0.6 is 0 Å². The number of nitrogens with one attached hydrogen (secondary N) is 2. The van der Waals surface area contributed by atoms with Crippen LogP contribution < -0.4 is 10.6 Å². The maximum Gasteiger partial charge on any atom is 0.338 e. The third kappa shape index (κ3) is 4.66. The van der Waals surface area contributed by atoms with Crippen molar-refractivity contribution in [3.05, 3.63) is 46.9 Å². The molecule has 27 heavy (non-hydrogen) atoms. The molecule has 1 aromatic rings. The maximum atomic E-state index is 13.7. The second-order valence-corrected chi connectivity index (χ2v) is 7.16. The van der Waals surface area contributed by atoms with Gasteiger partial charge in [-0.2, -0.15) is 0 Å². The normalized spacial score (nSPS) is 21.6. The number of hydrogen-bond acceptors (Lipinski definition) is 4. The molecule has 3 rings (SSSR count). The maximum absolute atomic E-state index is 13.7. The molecule has 0 radical (unpaired) electrons. The van der Waals surface area contributed by atoms with Gasteiger partial charge in [-0.05, 0) is 56.5 Å². The molecule has 1 aromatic carbocycles. The summed E-state index contributed by atoms with van der Waals surface area (Å²) in [6, 6.07) is 4.77. The first-order valence-corrected chi connectivity index (χ1v) is 9.43. The van der Waals surface area contributed by atoms with Gasteiger partial charge in [0.2, 0.25) is 0 Å². The highest BCUT2D eigenvalue weighted by Gasteiger charge is 2.34. The first-order chi connectivity index (χ1) is 13.0. The quantitative estimate of drug-likeness (QED) is 0.777. The molecule has 1 unspecified atom stereocenters. The van der Waals surface area contributed by atoms with Crippen LogP contribution in [0.4, 0.5) is 9.18 Å². The van der Waals surface area contributed by atoms with Gasteiger partial charge in [0.15, 0.2) is 0 Å². The van der Waals surface area contributed by atoms with E-state index in [4.69, 9.17) is 4.74 Å². The largest absolute Gasteiger partial charge is 0.463 e. The molecule has 2 aliphatic rings. The van der Waals surface area contributed by atoms with Gasteiger partial charge in [0.1, 0.15) is 5.82 Å². The van der Waals surface area contributed by atoms with Gasteiger partial charge in [-0.25, -0.2) is 14.0 Å². The van der Waals surface area contributed by atoms with Gasteiger partial charge in [0.05, 0.1) is 18.2 Å². The van der Waals surface area contributed by atoms with E-state index in [9.17, 15) is 14.0 Å². The highest BCUT2D eigenvalue weighted by Crippen LogP contribution is 2.29. The lowest BCUT2D eigenvalue weighted by atomic mass is 9.94. The Morgan fingerprint density at radius 1 is 1.33 bits per heavy atom. The van der Waals surface area contributed by atoms with E-state index in [1.54, 1.807) is 19.1 Å². The molecular formula is C20H26FN3O3. The fraction of sp³-hybridized carbons (Fsp3) is 0.500. The van der Waals surface area contributed by atoms with Crippen molar-refractivity contribution < 1.29 is 18.7 Å². The van der Waals surface area contributed by atoms with E-state index in [-0.39, 0.29) is 6.61 Å². The number of carbonyl (C=O) groups excluding carboxylic acids is 2. The predicted octanol–water partition coefficient (Wildman–Crippen LogP) is 2.73. The molecule has 146 valence electrons. The van der Waals surface area contributed by atoms with Crippen molar-refractivity contribution in [3.8, 4) is 0 Å². The van der Waals surface area contributed by atoms with Gasteiger partial charge < -0.3 is 15.4 Å². The summed E-state index contributed by atoms with van der Waals surface area (Å²) in [6.45, 7) is 6.47. The highest BCUT2D eigenvalue weighted by molar-refractivity contribution is 5.95. The number of benzene rings is 1. The summed E-state index contributed by atoms with van der Waals surface area (Å²) in [5.74, 6) is -0.239. The lowest BCUT2D eigenvalue weighted by Gasteiger charge is -2.34. The number of likely N-dealkylation sites (tertiary alicyclic amines) is 1. The van der Waals surface area contributed by atoms with Crippen LogP contribution in [-0.4, -0.2) is 43.1 Å². The molecule has 2 amide bonds. The topological polar surface area (TPSA) is 70.7 Å². The summed E-state index contributed by atoms with van der Waals surface area (Å²) in [6.07, 6.45) is 2.17. The van der Waals surface area contributed by atoms with Crippen LogP contribution in [0.2, 0.25) is 0 Å².